The van der Waals surface area contributed by atoms with Gasteiger partial charge in [0.05, 0.1) is 12.7 Å². The molecule has 34 heavy (non-hydrogen) atoms. The Morgan fingerprint density at radius 2 is 1.56 bits per heavy atom. The maximum absolute atomic E-state index is 13.4. The van der Waals surface area contributed by atoms with E-state index in [1.165, 1.54) is 27.5 Å². The minimum Gasteiger partial charge on any atom is -0.372 e. The van der Waals surface area contributed by atoms with Crippen molar-refractivity contribution in [3.8, 4) is 0 Å². The Kier molecular flexibility index (Phi) is 8.34. The Bertz CT molecular complexity index is 1180. The molecular formula is C30H31ClFNO. The Morgan fingerprint density at radius 3 is 2.35 bits per heavy atom. The van der Waals surface area contributed by atoms with Gasteiger partial charge < -0.3 is 10.1 Å². The molecule has 4 aromatic carbocycles. The molecule has 176 valence electrons. The summed E-state index contributed by atoms with van der Waals surface area (Å²) in [4.78, 5) is 0. The van der Waals surface area contributed by atoms with Crippen LogP contribution in [0, 0.1) is 5.82 Å². The molecule has 0 amide bonds. The van der Waals surface area contributed by atoms with Crippen LogP contribution in [-0.4, -0.2) is 18.7 Å². The molecule has 1 aliphatic heterocycles. The number of rotatable bonds is 7. The van der Waals surface area contributed by atoms with E-state index in [0.29, 0.717) is 12.5 Å². The van der Waals surface area contributed by atoms with Crippen molar-refractivity contribution in [2.24, 2.45) is 0 Å². The van der Waals surface area contributed by atoms with Crippen molar-refractivity contribution >= 4 is 23.2 Å². The quantitative estimate of drug-likeness (QED) is 0.309. The fourth-order valence-corrected chi connectivity index (χ4v) is 4.96. The molecule has 1 saturated heterocycles. The van der Waals surface area contributed by atoms with Gasteiger partial charge in [-0.25, -0.2) is 4.39 Å². The van der Waals surface area contributed by atoms with E-state index in [1.54, 1.807) is 12.1 Å². The van der Waals surface area contributed by atoms with Gasteiger partial charge in [-0.2, -0.15) is 0 Å². The molecule has 0 aliphatic carbocycles. The summed E-state index contributed by atoms with van der Waals surface area (Å²) in [6, 6.07) is 32.8. The highest BCUT2D eigenvalue weighted by molar-refractivity contribution is 5.85. The number of benzene rings is 4. The normalized spacial score (nSPS) is 18.9. The molecule has 3 atom stereocenters. The summed E-state index contributed by atoms with van der Waals surface area (Å²) in [5.74, 6) is 0.237. The number of hydrogen-bond acceptors (Lipinski definition) is 2. The molecule has 2 unspecified atom stereocenters. The van der Waals surface area contributed by atoms with Crippen LogP contribution in [0.4, 0.5) is 4.39 Å². The van der Waals surface area contributed by atoms with E-state index >= 15 is 0 Å². The minimum absolute atomic E-state index is 0. The van der Waals surface area contributed by atoms with Crippen molar-refractivity contribution in [3.63, 3.8) is 0 Å². The molecule has 1 fully saturated rings. The summed E-state index contributed by atoms with van der Waals surface area (Å²) in [7, 11) is 0. The average Bonchev–Trinajstić information content (AvgIpc) is 2.87. The van der Waals surface area contributed by atoms with E-state index in [4.69, 9.17) is 4.74 Å². The monoisotopic (exact) mass is 475 g/mol. The van der Waals surface area contributed by atoms with Crippen LogP contribution in [-0.2, 0) is 17.8 Å². The Labute approximate surface area is 207 Å². The lowest BCUT2D eigenvalue weighted by Gasteiger charge is -2.36. The van der Waals surface area contributed by atoms with Crippen molar-refractivity contribution in [1.82, 2.24) is 5.32 Å². The van der Waals surface area contributed by atoms with Crippen LogP contribution in [0.3, 0.4) is 0 Å². The third-order valence-corrected chi connectivity index (χ3v) is 6.79. The highest BCUT2D eigenvalue weighted by Gasteiger charge is 2.30. The van der Waals surface area contributed by atoms with Gasteiger partial charge in [-0.05, 0) is 64.9 Å². The van der Waals surface area contributed by atoms with Gasteiger partial charge in [0.15, 0.2) is 0 Å². The number of halogens is 2. The van der Waals surface area contributed by atoms with Crippen molar-refractivity contribution in [2.45, 2.75) is 43.9 Å². The van der Waals surface area contributed by atoms with Gasteiger partial charge in [0.1, 0.15) is 5.82 Å². The van der Waals surface area contributed by atoms with E-state index < -0.39 is 0 Å². The lowest BCUT2D eigenvalue weighted by atomic mass is 9.83. The molecule has 2 nitrogen and oxygen atoms in total. The van der Waals surface area contributed by atoms with Gasteiger partial charge in [-0.3, -0.25) is 0 Å². The molecule has 0 saturated carbocycles. The smallest absolute Gasteiger partial charge is 0.123 e. The maximum Gasteiger partial charge on any atom is 0.123 e. The fraction of sp³-hybridized carbons (Fsp3) is 0.267. The summed E-state index contributed by atoms with van der Waals surface area (Å²) < 4.78 is 20.0. The van der Waals surface area contributed by atoms with Crippen molar-refractivity contribution in [1.29, 1.82) is 0 Å². The van der Waals surface area contributed by atoms with Crippen molar-refractivity contribution in [2.75, 3.05) is 6.54 Å². The second-order valence-electron chi connectivity index (χ2n) is 9.05. The molecular weight excluding hydrogens is 445 g/mol. The largest absolute Gasteiger partial charge is 0.372 e. The molecule has 1 heterocycles. The van der Waals surface area contributed by atoms with E-state index in [9.17, 15) is 4.39 Å². The first kappa shape index (κ1) is 24.4. The lowest BCUT2D eigenvalue weighted by molar-refractivity contribution is 0.00665. The van der Waals surface area contributed by atoms with Crippen LogP contribution in [0.5, 0.6) is 0 Å². The fourth-order valence-electron chi connectivity index (χ4n) is 4.96. The zero-order chi connectivity index (χ0) is 22.5. The summed E-state index contributed by atoms with van der Waals surface area (Å²) in [5, 5.41) is 6.25. The van der Waals surface area contributed by atoms with Crippen LogP contribution < -0.4 is 5.32 Å². The molecule has 0 aromatic heterocycles. The van der Waals surface area contributed by atoms with E-state index in [2.05, 4.69) is 72.0 Å². The Balaban J connectivity index is 0.00000274. The van der Waals surface area contributed by atoms with Crippen molar-refractivity contribution < 1.29 is 9.13 Å². The van der Waals surface area contributed by atoms with Gasteiger partial charge in [0.2, 0.25) is 0 Å². The molecule has 0 radical (unpaired) electrons. The first-order chi connectivity index (χ1) is 16.2. The highest BCUT2D eigenvalue weighted by atomic mass is 35.5. The summed E-state index contributed by atoms with van der Waals surface area (Å²) >= 11 is 0. The summed E-state index contributed by atoms with van der Waals surface area (Å²) in [6.45, 7) is 1.54. The molecule has 0 spiro atoms. The predicted octanol–water partition coefficient (Wildman–Crippen LogP) is 7.06. The van der Waals surface area contributed by atoms with Crippen LogP contribution in [0.1, 0.15) is 35.4 Å². The third-order valence-electron chi connectivity index (χ3n) is 6.79. The topological polar surface area (TPSA) is 21.3 Å². The molecule has 1 N–H and O–H groups in total. The van der Waals surface area contributed by atoms with Gasteiger partial charge >= 0.3 is 0 Å². The molecule has 5 rings (SSSR count). The maximum atomic E-state index is 13.4. The van der Waals surface area contributed by atoms with E-state index in [0.717, 1.165) is 25.8 Å². The van der Waals surface area contributed by atoms with E-state index in [-0.39, 0.29) is 30.4 Å². The number of piperidine rings is 1. The highest BCUT2D eigenvalue weighted by Crippen LogP contribution is 2.31. The molecule has 4 aromatic rings. The zero-order valence-corrected chi connectivity index (χ0v) is 20.0. The number of hydrogen-bond donors (Lipinski definition) is 1. The van der Waals surface area contributed by atoms with Crippen LogP contribution in [0.25, 0.3) is 10.8 Å². The Hall–Kier alpha value is -2.72. The summed E-state index contributed by atoms with van der Waals surface area (Å²) in [6.07, 6.45) is 2.95. The van der Waals surface area contributed by atoms with Gasteiger partial charge in [-0.15, -0.1) is 12.4 Å². The standard InChI is InChI=1S/C30H30FNO.ClH/c31-28-14-12-25(13-15-28)27-16-17-32-29(20-27)30(33-21-22-6-2-1-3-7-22)19-23-10-11-24-8-4-5-9-26(24)18-23;/h1-15,18,27,29-30,32H,16-17,19-21H2;1H/t27?,29?,30-;/m1./s1. The van der Waals surface area contributed by atoms with E-state index in [1.807, 2.05) is 18.2 Å². The SMILES string of the molecule is Cl.Fc1ccc(C2CCNC([C@@H](Cc3ccc4ccccc4c3)OCc3ccccc3)C2)cc1. The first-order valence-corrected chi connectivity index (χ1v) is 11.9. The summed E-state index contributed by atoms with van der Waals surface area (Å²) in [5.41, 5.74) is 3.69. The van der Waals surface area contributed by atoms with Gasteiger partial charge in [-0.1, -0.05) is 84.9 Å². The Morgan fingerprint density at radius 1 is 0.824 bits per heavy atom. The zero-order valence-electron chi connectivity index (χ0n) is 19.2. The molecule has 1 aliphatic rings. The van der Waals surface area contributed by atoms with Crippen LogP contribution >= 0.6 is 12.4 Å². The van der Waals surface area contributed by atoms with Gasteiger partial charge in [0, 0.05) is 12.5 Å². The van der Waals surface area contributed by atoms with Crippen LogP contribution in [0.15, 0.2) is 97.1 Å². The minimum atomic E-state index is -0.176. The number of nitrogens with one attached hydrogen (secondary N) is 1. The second-order valence-corrected chi connectivity index (χ2v) is 9.05. The van der Waals surface area contributed by atoms with Crippen LogP contribution in [0.2, 0.25) is 0 Å². The van der Waals surface area contributed by atoms with Gasteiger partial charge in [0.25, 0.3) is 0 Å². The number of fused-ring (bicyclic) bond motifs is 1. The molecule has 4 heteroatoms. The second kappa shape index (κ2) is 11.6. The third kappa shape index (κ3) is 6.04. The predicted molar refractivity (Wildman–Crippen MR) is 140 cm³/mol. The number of ether oxygens (including phenoxy) is 1. The first-order valence-electron chi connectivity index (χ1n) is 11.9. The average molecular weight is 476 g/mol. The van der Waals surface area contributed by atoms with Crippen molar-refractivity contribution in [3.05, 3.63) is 120 Å². The lowest BCUT2D eigenvalue weighted by Crippen LogP contribution is -2.47. The molecule has 0 bridgehead atoms.